The largest absolute Gasteiger partial charge is 0.491 e. The van der Waals surface area contributed by atoms with Crippen LogP contribution in [0.25, 0.3) is 4.85 Å². The standard InChI is InChI=1S/C16H15BN2O5/c1-18-14-5-6-15(19-16(14)22-8-7-21-2)24-12-3-4-13-11(9-12)10-23-17(13)20/h3-6,9,20H,7-8,10H2,2H3. The maximum atomic E-state index is 9.63. The Kier molecular flexibility index (Phi) is 4.96. The van der Waals surface area contributed by atoms with Crippen LogP contribution in [0.3, 0.4) is 0 Å². The summed E-state index contributed by atoms with van der Waals surface area (Å²) in [6.45, 7) is 8.19. The highest BCUT2D eigenvalue weighted by Crippen LogP contribution is 2.30. The van der Waals surface area contributed by atoms with Gasteiger partial charge in [0.25, 0.3) is 0 Å². The Morgan fingerprint density at radius 3 is 3.00 bits per heavy atom. The maximum Gasteiger partial charge on any atom is 0.491 e. The lowest BCUT2D eigenvalue weighted by Gasteiger charge is -2.10. The summed E-state index contributed by atoms with van der Waals surface area (Å²) in [7, 11) is 0.687. The number of fused-ring (bicyclic) bond motifs is 1. The molecule has 0 spiro atoms. The van der Waals surface area contributed by atoms with Crippen molar-refractivity contribution < 1.29 is 23.9 Å². The van der Waals surface area contributed by atoms with E-state index in [9.17, 15) is 5.02 Å². The molecule has 0 fully saturated rings. The summed E-state index contributed by atoms with van der Waals surface area (Å²) in [5.74, 6) is 1.09. The Balaban J connectivity index is 1.78. The quantitative estimate of drug-likeness (QED) is 0.494. The monoisotopic (exact) mass is 326 g/mol. The van der Waals surface area contributed by atoms with Crippen LogP contribution in [0.1, 0.15) is 5.56 Å². The summed E-state index contributed by atoms with van der Waals surface area (Å²) in [5.41, 5.74) is 1.92. The van der Waals surface area contributed by atoms with E-state index in [0.29, 0.717) is 37.1 Å². The molecule has 1 aliphatic heterocycles. The number of pyridine rings is 1. The zero-order valence-corrected chi connectivity index (χ0v) is 13.1. The minimum atomic E-state index is -0.883. The first kappa shape index (κ1) is 16.3. The van der Waals surface area contributed by atoms with Crippen LogP contribution < -0.4 is 14.9 Å². The second-order valence-electron chi connectivity index (χ2n) is 5.05. The average Bonchev–Trinajstić information content (AvgIpc) is 2.96. The first-order valence-electron chi connectivity index (χ1n) is 7.32. The second kappa shape index (κ2) is 7.32. The Morgan fingerprint density at radius 2 is 2.21 bits per heavy atom. The van der Waals surface area contributed by atoms with Crippen LogP contribution in [0, 0.1) is 6.57 Å². The van der Waals surface area contributed by atoms with Gasteiger partial charge in [0.15, 0.2) is 0 Å². The summed E-state index contributed by atoms with van der Waals surface area (Å²) in [6, 6.07) is 8.48. The molecule has 1 N–H and O–H groups in total. The number of nitrogens with zero attached hydrogens (tertiary/aromatic N) is 2. The highest BCUT2D eigenvalue weighted by Gasteiger charge is 2.27. The number of methoxy groups -OCH3 is 1. The highest BCUT2D eigenvalue weighted by molar-refractivity contribution is 6.61. The number of benzene rings is 1. The van der Waals surface area contributed by atoms with E-state index in [1.807, 2.05) is 0 Å². The van der Waals surface area contributed by atoms with Gasteiger partial charge in [-0.05, 0) is 35.3 Å². The SMILES string of the molecule is [C-]#[N+]c1ccc(Oc2ccc3c(c2)COB3O)nc1OCCOC. The van der Waals surface area contributed by atoms with E-state index in [2.05, 4.69) is 9.83 Å². The molecule has 1 aromatic carbocycles. The molecular weight excluding hydrogens is 311 g/mol. The molecule has 8 heteroatoms. The molecule has 0 unspecified atom stereocenters. The third kappa shape index (κ3) is 3.49. The minimum absolute atomic E-state index is 0.208. The Bertz CT molecular complexity index is 778. The van der Waals surface area contributed by atoms with Gasteiger partial charge in [-0.1, -0.05) is 6.07 Å². The van der Waals surface area contributed by atoms with Crippen molar-refractivity contribution >= 4 is 18.3 Å². The van der Waals surface area contributed by atoms with Gasteiger partial charge in [0.2, 0.25) is 17.4 Å². The lowest BCUT2D eigenvalue weighted by atomic mass is 9.80. The zero-order chi connectivity index (χ0) is 16.9. The summed E-state index contributed by atoms with van der Waals surface area (Å²) < 4.78 is 21.2. The van der Waals surface area contributed by atoms with Crippen LogP contribution in [0.15, 0.2) is 30.3 Å². The molecule has 0 saturated carbocycles. The molecule has 0 saturated heterocycles. The molecule has 3 rings (SSSR count). The van der Waals surface area contributed by atoms with Crippen molar-refractivity contribution in [2.24, 2.45) is 0 Å². The van der Waals surface area contributed by atoms with E-state index in [1.165, 1.54) is 0 Å². The van der Waals surface area contributed by atoms with Crippen LogP contribution >= 0.6 is 0 Å². The predicted molar refractivity (Wildman–Crippen MR) is 86.8 cm³/mol. The van der Waals surface area contributed by atoms with Crippen molar-refractivity contribution in [1.29, 1.82) is 0 Å². The molecule has 0 amide bonds. The van der Waals surface area contributed by atoms with Gasteiger partial charge in [0.05, 0.1) is 19.8 Å². The van der Waals surface area contributed by atoms with E-state index >= 15 is 0 Å². The molecule has 122 valence electrons. The Morgan fingerprint density at radius 1 is 1.33 bits per heavy atom. The van der Waals surface area contributed by atoms with E-state index in [4.69, 9.17) is 25.4 Å². The summed E-state index contributed by atoms with van der Waals surface area (Å²) in [4.78, 5) is 7.60. The van der Waals surface area contributed by atoms with Gasteiger partial charge in [-0.15, -0.1) is 0 Å². The van der Waals surface area contributed by atoms with Crippen LogP contribution in [0.4, 0.5) is 5.69 Å². The van der Waals surface area contributed by atoms with Crippen molar-refractivity contribution in [2.45, 2.75) is 6.61 Å². The lowest BCUT2D eigenvalue weighted by molar-refractivity contribution is 0.144. The van der Waals surface area contributed by atoms with E-state index in [-0.39, 0.29) is 5.88 Å². The Hall–Kier alpha value is -2.60. The minimum Gasteiger partial charge on any atom is -0.484 e. The van der Waals surface area contributed by atoms with Crippen LogP contribution in [0.2, 0.25) is 0 Å². The molecule has 24 heavy (non-hydrogen) atoms. The van der Waals surface area contributed by atoms with Gasteiger partial charge in [-0.25, -0.2) is 4.85 Å². The first-order chi connectivity index (χ1) is 11.7. The lowest BCUT2D eigenvalue weighted by Crippen LogP contribution is -2.27. The summed E-state index contributed by atoms with van der Waals surface area (Å²) >= 11 is 0. The van der Waals surface area contributed by atoms with Crippen LogP contribution in [0.5, 0.6) is 17.5 Å². The van der Waals surface area contributed by atoms with Crippen molar-refractivity contribution in [1.82, 2.24) is 4.98 Å². The van der Waals surface area contributed by atoms with Crippen molar-refractivity contribution in [3.05, 3.63) is 47.3 Å². The van der Waals surface area contributed by atoms with Gasteiger partial charge in [0.1, 0.15) is 12.4 Å². The van der Waals surface area contributed by atoms with E-state index < -0.39 is 7.12 Å². The summed E-state index contributed by atoms with van der Waals surface area (Å²) in [6.07, 6.45) is 0. The number of ether oxygens (including phenoxy) is 3. The molecule has 2 aromatic rings. The molecular formula is C16H15BN2O5. The molecule has 1 aliphatic rings. The smallest absolute Gasteiger partial charge is 0.484 e. The summed E-state index contributed by atoms with van der Waals surface area (Å²) in [5, 5.41) is 9.63. The van der Waals surface area contributed by atoms with Crippen molar-refractivity contribution in [3.63, 3.8) is 0 Å². The number of hydrogen-bond acceptors (Lipinski definition) is 6. The van der Waals surface area contributed by atoms with Crippen molar-refractivity contribution in [2.75, 3.05) is 20.3 Å². The molecule has 0 bridgehead atoms. The number of aromatic nitrogens is 1. The van der Waals surface area contributed by atoms with E-state index in [0.717, 1.165) is 11.0 Å². The fraction of sp³-hybridized carbons (Fsp3) is 0.250. The van der Waals surface area contributed by atoms with Gasteiger partial charge in [-0.3, -0.25) is 0 Å². The molecule has 0 radical (unpaired) electrons. The Labute approximate surface area is 139 Å². The molecule has 0 atom stereocenters. The maximum absolute atomic E-state index is 9.63. The third-order valence-electron chi connectivity index (χ3n) is 3.46. The van der Waals surface area contributed by atoms with Crippen LogP contribution in [-0.2, 0) is 16.0 Å². The molecule has 7 nitrogen and oxygen atoms in total. The second-order valence-corrected chi connectivity index (χ2v) is 5.05. The predicted octanol–water partition coefficient (Wildman–Crippen LogP) is 1.67. The number of rotatable bonds is 6. The van der Waals surface area contributed by atoms with Gasteiger partial charge < -0.3 is 23.9 Å². The van der Waals surface area contributed by atoms with Gasteiger partial charge in [0, 0.05) is 7.11 Å². The topological polar surface area (TPSA) is 74.4 Å². The fourth-order valence-corrected chi connectivity index (χ4v) is 2.28. The average molecular weight is 326 g/mol. The van der Waals surface area contributed by atoms with Crippen molar-refractivity contribution in [3.8, 4) is 17.5 Å². The fourth-order valence-electron chi connectivity index (χ4n) is 2.28. The van der Waals surface area contributed by atoms with Gasteiger partial charge >= 0.3 is 7.12 Å². The molecule has 0 aliphatic carbocycles. The first-order valence-corrected chi connectivity index (χ1v) is 7.32. The van der Waals surface area contributed by atoms with Gasteiger partial charge in [-0.2, -0.15) is 4.98 Å². The molecule has 1 aromatic heterocycles. The molecule has 2 heterocycles. The number of hydrogen-bond donors (Lipinski definition) is 1. The zero-order valence-electron chi connectivity index (χ0n) is 13.1. The van der Waals surface area contributed by atoms with Crippen LogP contribution in [-0.4, -0.2) is 37.4 Å². The van der Waals surface area contributed by atoms with E-state index in [1.54, 1.807) is 37.4 Å². The highest BCUT2D eigenvalue weighted by atomic mass is 16.5. The third-order valence-corrected chi connectivity index (χ3v) is 3.46. The normalized spacial score (nSPS) is 12.6.